The van der Waals surface area contributed by atoms with E-state index >= 15 is 0 Å². The van der Waals surface area contributed by atoms with Gasteiger partial charge in [0.15, 0.2) is 6.61 Å². The average molecular weight is 332 g/mol. The third kappa shape index (κ3) is 5.97. The molecule has 0 spiro atoms. The Hall–Kier alpha value is -1.14. The van der Waals surface area contributed by atoms with Gasteiger partial charge < -0.3 is 10.1 Å². The third-order valence-electron chi connectivity index (χ3n) is 1.90. The van der Waals surface area contributed by atoms with Gasteiger partial charge in [0.1, 0.15) is 0 Å². The Balaban J connectivity index is 2.29. The molecule has 1 aromatic heterocycles. The summed E-state index contributed by atoms with van der Waals surface area (Å²) in [5.74, 6) is -0.802. The molecule has 0 aliphatic rings. The Labute approximate surface area is 118 Å². The van der Waals surface area contributed by atoms with Gasteiger partial charge in [-0.15, -0.1) is 11.3 Å². The number of carbonyl (C=O) groups is 2. The molecule has 0 radical (unpaired) electrons. The molecule has 4 nitrogen and oxygen atoms in total. The van der Waals surface area contributed by atoms with E-state index in [1.807, 2.05) is 19.1 Å². The van der Waals surface area contributed by atoms with Crippen molar-refractivity contribution in [1.29, 1.82) is 0 Å². The second-order valence-electron chi connectivity index (χ2n) is 3.43. The number of rotatable bonds is 6. The van der Waals surface area contributed by atoms with Gasteiger partial charge in [-0.25, -0.2) is 4.79 Å². The van der Waals surface area contributed by atoms with Gasteiger partial charge in [0.05, 0.1) is 3.79 Å². The van der Waals surface area contributed by atoms with Gasteiger partial charge in [-0.2, -0.15) is 0 Å². The van der Waals surface area contributed by atoms with E-state index in [9.17, 15) is 9.59 Å². The van der Waals surface area contributed by atoms with E-state index in [0.29, 0.717) is 6.54 Å². The molecule has 1 aromatic rings. The summed E-state index contributed by atoms with van der Waals surface area (Å²) in [7, 11) is 0. The van der Waals surface area contributed by atoms with Crippen LogP contribution in [0.5, 0.6) is 0 Å². The van der Waals surface area contributed by atoms with Crippen molar-refractivity contribution >= 4 is 45.2 Å². The van der Waals surface area contributed by atoms with Gasteiger partial charge >= 0.3 is 5.97 Å². The molecule has 0 aliphatic heterocycles. The van der Waals surface area contributed by atoms with Crippen LogP contribution in [0.1, 0.15) is 18.2 Å². The number of nitrogens with one attached hydrogen (secondary N) is 1. The lowest BCUT2D eigenvalue weighted by atomic mass is 10.4. The number of amides is 1. The minimum atomic E-state index is -0.522. The number of carbonyl (C=O) groups excluding carboxylic acids is 2. The Morgan fingerprint density at radius 1 is 1.50 bits per heavy atom. The minimum Gasteiger partial charge on any atom is -0.452 e. The molecule has 98 valence electrons. The highest BCUT2D eigenvalue weighted by Crippen LogP contribution is 2.22. The molecule has 1 heterocycles. The minimum absolute atomic E-state index is 0.239. The van der Waals surface area contributed by atoms with E-state index in [1.54, 1.807) is 6.08 Å². The van der Waals surface area contributed by atoms with Crippen LogP contribution in [0.15, 0.2) is 22.0 Å². The number of hydrogen-bond donors (Lipinski definition) is 1. The van der Waals surface area contributed by atoms with E-state index in [0.717, 1.165) is 15.1 Å². The number of ether oxygens (including phenoxy) is 1. The molecule has 0 fully saturated rings. The summed E-state index contributed by atoms with van der Waals surface area (Å²) in [6.07, 6.45) is 3.82. The van der Waals surface area contributed by atoms with Crippen molar-refractivity contribution in [2.75, 3.05) is 13.2 Å². The highest BCUT2D eigenvalue weighted by Gasteiger charge is 2.03. The maximum atomic E-state index is 11.3. The molecule has 1 rings (SSSR count). The van der Waals surface area contributed by atoms with Crippen molar-refractivity contribution in [1.82, 2.24) is 5.32 Å². The van der Waals surface area contributed by atoms with Crippen molar-refractivity contribution in [3.05, 3.63) is 26.9 Å². The summed E-state index contributed by atoms with van der Waals surface area (Å²) < 4.78 is 5.78. The maximum Gasteiger partial charge on any atom is 0.331 e. The topological polar surface area (TPSA) is 55.4 Å². The molecule has 6 heteroatoms. The number of thiophene rings is 1. The first-order chi connectivity index (χ1) is 8.61. The van der Waals surface area contributed by atoms with Gasteiger partial charge in [-0.1, -0.05) is 6.92 Å². The average Bonchev–Trinajstić information content (AvgIpc) is 2.77. The first kappa shape index (κ1) is 14.9. The smallest absolute Gasteiger partial charge is 0.331 e. The van der Waals surface area contributed by atoms with E-state index in [1.165, 1.54) is 17.4 Å². The highest BCUT2D eigenvalue weighted by molar-refractivity contribution is 9.11. The fourth-order valence-electron chi connectivity index (χ4n) is 1.07. The second-order valence-corrected chi connectivity index (χ2v) is 5.93. The van der Waals surface area contributed by atoms with Gasteiger partial charge in [-0.05, 0) is 40.6 Å². The molecule has 18 heavy (non-hydrogen) atoms. The SMILES string of the molecule is CCCNC(=O)COC(=O)/C=C/c1ccc(Br)s1. The molecule has 0 bridgehead atoms. The van der Waals surface area contributed by atoms with Crippen molar-refractivity contribution in [3.8, 4) is 0 Å². The monoisotopic (exact) mass is 331 g/mol. The number of halogens is 1. The summed E-state index contributed by atoms with van der Waals surface area (Å²) in [6.45, 7) is 2.31. The largest absolute Gasteiger partial charge is 0.452 e. The van der Waals surface area contributed by atoms with E-state index in [4.69, 9.17) is 4.74 Å². The van der Waals surface area contributed by atoms with Crippen LogP contribution >= 0.6 is 27.3 Å². The zero-order chi connectivity index (χ0) is 13.4. The quantitative estimate of drug-likeness (QED) is 0.643. The van der Waals surface area contributed by atoms with Crippen molar-refractivity contribution in [2.45, 2.75) is 13.3 Å². The van der Waals surface area contributed by atoms with Gasteiger partial charge in [0.2, 0.25) is 0 Å². The number of hydrogen-bond acceptors (Lipinski definition) is 4. The summed E-state index contributed by atoms with van der Waals surface area (Å²) >= 11 is 4.84. The second kappa shape index (κ2) is 8.05. The number of esters is 1. The predicted octanol–water partition coefficient (Wildman–Crippen LogP) is 2.59. The van der Waals surface area contributed by atoms with Crippen LogP contribution in [-0.2, 0) is 14.3 Å². The zero-order valence-corrected chi connectivity index (χ0v) is 12.3. The first-order valence-electron chi connectivity index (χ1n) is 5.48. The third-order valence-corrected chi connectivity index (χ3v) is 3.48. The first-order valence-corrected chi connectivity index (χ1v) is 7.09. The molecule has 0 aromatic carbocycles. The van der Waals surface area contributed by atoms with Crippen LogP contribution in [0.3, 0.4) is 0 Å². The fraction of sp³-hybridized carbons (Fsp3) is 0.333. The van der Waals surface area contributed by atoms with Gasteiger partial charge in [0.25, 0.3) is 5.91 Å². The van der Waals surface area contributed by atoms with Crippen molar-refractivity contribution in [2.24, 2.45) is 0 Å². The zero-order valence-electron chi connectivity index (χ0n) is 9.94. The van der Waals surface area contributed by atoms with Crippen LogP contribution < -0.4 is 5.32 Å². The summed E-state index contributed by atoms with van der Waals surface area (Å²) in [5, 5.41) is 2.62. The molecule has 0 saturated carbocycles. The van der Waals surface area contributed by atoms with Crippen LogP contribution in [0.25, 0.3) is 6.08 Å². The van der Waals surface area contributed by atoms with E-state index < -0.39 is 5.97 Å². The normalized spacial score (nSPS) is 10.6. The van der Waals surface area contributed by atoms with Crippen LogP contribution in [0, 0.1) is 0 Å². The lowest BCUT2D eigenvalue weighted by molar-refractivity contribution is -0.143. The van der Waals surface area contributed by atoms with Crippen molar-refractivity contribution in [3.63, 3.8) is 0 Å². The molecule has 1 amide bonds. The molecule has 0 saturated heterocycles. The van der Waals surface area contributed by atoms with Gasteiger partial charge in [0, 0.05) is 17.5 Å². The van der Waals surface area contributed by atoms with E-state index in [-0.39, 0.29) is 12.5 Å². The van der Waals surface area contributed by atoms with Gasteiger partial charge in [-0.3, -0.25) is 4.79 Å². The van der Waals surface area contributed by atoms with Crippen LogP contribution in [0.4, 0.5) is 0 Å². The fourth-order valence-corrected chi connectivity index (χ4v) is 2.39. The lowest BCUT2D eigenvalue weighted by Crippen LogP contribution is -2.28. The Bertz CT molecular complexity index is 442. The standard InChI is InChI=1S/C12H14BrNO3S/c1-2-7-14-11(15)8-17-12(16)6-4-9-3-5-10(13)18-9/h3-6H,2,7-8H2,1H3,(H,14,15)/b6-4+. The van der Waals surface area contributed by atoms with Crippen molar-refractivity contribution < 1.29 is 14.3 Å². The summed E-state index contributed by atoms with van der Waals surface area (Å²) in [6, 6.07) is 3.78. The molecule has 1 N–H and O–H groups in total. The molecular weight excluding hydrogens is 318 g/mol. The Kier molecular flexibility index (Phi) is 6.67. The predicted molar refractivity (Wildman–Crippen MR) is 75.3 cm³/mol. The summed E-state index contributed by atoms with van der Waals surface area (Å²) in [4.78, 5) is 23.4. The van der Waals surface area contributed by atoms with Crippen LogP contribution in [0.2, 0.25) is 0 Å². The lowest BCUT2D eigenvalue weighted by Gasteiger charge is -2.02. The molecule has 0 aliphatic carbocycles. The molecule has 0 atom stereocenters. The summed E-state index contributed by atoms with van der Waals surface area (Å²) in [5.41, 5.74) is 0. The highest BCUT2D eigenvalue weighted by atomic mass is 79.9. The molecular formula is C12H14BrNO3S. The Morgan fingerprint density at radius 2 is 2.28 bits per heavy atom. The molecule has 0 unspecified atom stereocenters. The van der Waals surface area contributed by atoms with E-state index in [2.05, 4.69) is 21.2 Å². The van der Waals surface area contributed by atoms with Crippen LogP contribution in [-0.4, -0.2) is 25.0 Å². The Morgan fingerprint density at radius 3 is 2.89 bits per heavy atom. The maximum absolute atomic E-state index is 11.3.